The molecule has 1 aromatic heterocycles. The Hall–Kier alpha value is -1.75. The lowest BCUT2D eigenvalue weighted by atomic mass is 10.2. The van der Waals surface area contributed by atoms with Crippen molar-refractivity contribution in [2.75, 3.05) is 0 Å². The molecule has 0 fully saturated rings. The molecule has 1 aromatic carbocycles. The van der Waals surface area contributed by atoms with Crippen LogP contribution in [-0.4, -0.2) is 11.0 Å². The van der Waals surface area contributed by atoms with Crippen molar-refractivity contribution < 1.29 is 14.3 Å². The molecule has 2 N–H and O–H groups in total. The van der Waals surface area contributed by atoms with E-state index in [9.17, 15) is 9.90 Å². The van der Waals surface area contributed by atoms with Crippen LogP contribution in [0, 0.1) is 0 Å². The lowest BCUT2D eigenvalue weighted by Crippen LogP contribution is -2.22. The fraction of sp³-hybridized carbons (Fsp3) is 0.0833. The normalized spacial score (nSPS) is 10.2. The van der Waals surface area contributed by atoms with Crippen LogP contribution in [0.4, 0.5) is 0 Å². The number of rotatable bonds is 3. The minimum atomic E-state index is -0.320. The Labute approximate surface area is 106 Å². The molecular weight excluding hydrogens is 286 g/mol. The monoisotopic (exact) mass is 295 g/mol. The molecule has 0 aliphatic heterocycles. The van der Waals surface area contributed by atoms with Crippen molar-refractivity contribution in [1.82, 2.24) is 5.32 Å². The van der Waals surface area contributed by atoms with Gasteiger partial charge in [-0.1, -0.05) is 18.2 Å². The molecule has 0 bridgehead atoms. The number of hydrogen-bond acceptors (Lipinski definition) is 3. The van der Waals surface area contributed by atoms with E-state index in [1.807, 2.05) is 0 Å². The Morgan fingerprint density at radius 1 is 1.29 bits per heavy atom. The zero-order chi connectivity index (χ0) is 12.3. The van der Waals surface area contributed by atoms with Gasteiger partial charge in [0.05, 0.1) is 0 Å². The average molecular weight is 296 g/mol. The number of phenolic OH excluding ortho intramolecular Hbond substituents is 1. The summed E-state index contributed by atoms with van der Waals surface area (Å²) in [7, 11) is 0. The first-order chi connectivity index (χ1) is 8.16. The molecule has 0 saturated carbocycles. The van der Waals surface area contributed by atoms with E-state index in [2.05, 4.69) is 21.2 Å². The number of amides is 1. The Kier molecular flexibility index (Phi) is 3.49. The van der Waals surface area contributed by atoms with Crippen molar-refractivity contribution in [3.63, 3.8) is 0 Å². The fourth-order valence-corrected chi connectivity index (χ4v) is 1.67. The maximum Gasteiger partial charge on any atom is 0.287 e. The third kappa shape index (κ3) is 2.88. The summed E-state index contributed by atoms with van der Waals surface area (Å²) in [6.07, 6.45) is 0. The number of furan rings is 1. The maximum absolute atomic E-state index is 11.6. The molecule has 17 heavy (non-hydrogen) atoms. The minimum Gasteiger partial charge on any atom is -0.508 e. The standard InChI is InChI=1S/C12H10BrNO3/c13-11-6-5-10(17-11)12(16)14-7-8-3-1-2-4-9(8)15/h1-6,15H,7H2,(H,14,16). The van der Waals surface area contributed by atoms with Gasteiger partial charge in [-0.2, -0.15) is 0 Å². The molecule has 4 nitrogen and oxygen atoms in total. The first-order valence-electron chi connectivity index (χ1n) is 4.97. The van der Waals surface area contributed by atoms with E-state index in [0.29, 0.717) is 10.2 Å². The molecule has 0 saturated heterocycles. The molecule has 2 aromatic rings. The Bertz CT molecular complexity index is 536. The molecule has 0 aliphatic carbocycles. The smallest absolute Gasteiger partial charge is 0.287 e. The minimum absolute atomic E-state index is 0.161. The largest absolute Gasteiger partial charge is 0.508 e. The van der Waals surface area contributed by atoms with Crippen LogP contribution >= 0.6 is 15.9 Å². The second-order valence-corrected chi connectivity index (χ2v) is 4.20. The van der Waals surface area contributed by atoms with Gasteiger partial charge in [-0.25, -0.2) is 0 Å². The summed E-state index contributed by atoms with van der Waals surface area (Å²) in [4.78, 5) is 11.6. The Balaban J connectivity index is 1.99. The molecular formula is C12H10BrNO3. The van der Waals surface area contributed by atoms with Crippen molar-refractivity contribution in [2.24, 2.45) is 0 Å². The molecule has 0 spiro atoms. The number of nitrogens with one attached hydrogen (secondary N) is 1. The predicted octanol–water partition coefficient (Wildman–Crippen LogP) is 2.68. The van der Waals surface area contributed by atoms with Crippen molar-refractivity contribution >= 4 is 21.8 Å². The van der Waals surface area contributed by atoms with Crippen molar-refractivity contribution in [3.8, 4) is 5.75 Å². The Morgan fingerprint density at radius 3 is 2.71 bits per heavy atom. The molecule has 88 valence electrons. The molecule has 1 heterocycles. The van der Waals surface area contributed by atoms with E-state index in [1.165, 1.54) is 0 Å². The van der Waals surface area contributed by atoms with Crippen molar-refractivity contribution in [1.29, 1.82) is 0 Å². The van der Waals surface area contributed by atoms with Crippen LogP contribution in [-0.2, 0) is 6.54 Å². The van der Waals surface area contributed by atoms with E-state index in [1.54, 1.807) is 36.4 Å². The molecule has 0 aliphatic rings. The van der Waals surface area contributed by atoms with Gasteiger partial charge in [-0.15, -0.1) is 0 Å². The number of para-hydroxylation sites is 1. The zero-order valence-corrected chi connectivity index (χ0v) is 10.4. The summed E-state index contributed by atoms with van der Waals surface area (Å²) in [5, 5.41) is 12.2. The number of halogens is 1. The molecule has 5 heteroatoms. The van der Waals surface area contributed by atoms with Gasteiger partial charge in [-0.05, 0) is 34.1 Å². The van der Waals surface area contributed by atoms with Crippen LogP contribution < -0.4 is 5.32 Å². The highest BCUT2D eigenvalue weighted by molar-refractivity contribution is 9.10. The van der Waals surface area contributed by atoms with E-state index in [-0.39, 0.29) is 24.0 Å². The van der Waals surface area contributed by atoms with E-state index in [0.717, 1.165) is 0 Å². The number of benzene rings is 1. The lowest BCUT2D eigenvalue weighted by molar-refractivity contribution is 0.0921. The van der Waals surface area contributed by atoms with E-state index >= 15 is 0 Å². The van der Waals surface area contributed by atoms with E-state index < -0.39 is 0 Å². The van der Waals surface area contributed by atoms with Crippen LogP contribution in [0.25, 0.3) is 0 Å². The number of carbonyl (C=O) groups excluding carboxylic acids is 1. The predicted molar refractivity (Wildman–Crippen MR) is 65.7 cm³/mol. The third-order valence-corrected chi connectivity index (χ3v) is 2.65. The number of hydrogen-bond donors (Lipinski definition) is 2. The van der Waals surface area contributed by atoms with Crippen LogP contribution in [0.5, 0.6) is 5.75 Å². The first kappa shape index (κ1) is 11.7. The van der Waals surface area contributed by atoms with Gasteiger partial charge in [0, 0.05) is 12.1 Å². The van der Waals surface area contributed by atoms with Crippen LogP contribution in [0.3, 0.4) is 0 Å². The summed E-state index contributed by atoms with van der Waals surface area (Å²) >= 11 is 3.12. The SMILES string of the molecule is O=C(NCc1ccccc1O)c1ccc(Br)o1. The zero-order valence-electron chi connectivity index (χ0n) is 8.81. The third-order valence-electron chi connectivity index (χ3n) is 2.23. The summed E-state index contributed by atoms with van der Waals surface area (Å²) < 4.78 is 5.61. The number of carbonyl (C=O) groups is 1. The first-order valence-corrected chi connectivity index (χ1v) is 5.76. The van der Waals surface area contributed by atoms with Crippen molar-refractivity contribution in [3.05, 3.63) is 52.4 Å². The average Bonchev–Trinajstić information content (AvgIpc) is 2.74. The van der Waals surface area contributed by atoms with Gasteiger partial charge >= 0.3 is 0 Å². The van der Waals surface area contributed by atoms with Gasteiger partial charge in [-0.3, -0.25) is 4.79 Å². The topological polar surface area (TPSA) is 62.5 Å². The lowest BCUT2D eigenvalue weighted by Gasteiger charge is -2.05. The van der Waals surface area contributed by atoms with Gasteiger partial charge in [0.25, 0.3) is 5.91 Å². The maximum atomic E-state index is 11.6. The highest BCUT2D eigenvalue weighted by atomic mass is 79.9. The van der Waals surface area contributed by atoms with Gasteiger partial charge in [0.2, 0.25) is 0 Å². The summed E-state index contributed by atoms with van der Waals surface area (Å²) in [5.74, 6) is 0.0691. The fourth-order valence-electron chi connectivity index (χ4n) is 1.36. The number of phenols is 1. The highest BCUT2D eigenvalue weighted by Crippen LogP contribution is 2.16. The molecule has 1 amide bonds. The molecule has 0 radical (unpaired) electrons. The highest BCUT2D eigenvalue weighted by Gasteiger charge is 2.10. The van der Waals surface area contributed by atoms with Crippen LogP contribution in [0.15, 0.2) is 45.5 Å². The number of aromatic hydroxyl groups is 1. The second-order valence-electron chi connectivity index (χ2n) is 3.42. The van der Waals surface area contributed by atoms with Crippen LogP contribution in [0.2, 0.25) is 0 Å². The molecule has 2 rings (SSSR count). The summed E-state index contributed by atoms with van der Waals surface area (Å²) in [6, 6.07) is 10.1. The molecule has 0 atom stereocenters. The van der Waals surface area contributed by atoms with Crippen LogP contribution in [0.1, 0.15) is 16.1 Å². The molecule has 0 unspecified atom stereocenters. The second kappa shape index (κ2) is 5.05. The van der Waals surface area contributed by atoms with Gasteiger partial charge in [0.1, 0.15) is 5.75 Å². The van der Waals surface area contributed by atoms with Gasteiger partial charge < -0.3 is 14.8 Å². The quantitative estimate of drug-likeness (QED) is 0.915. The van der Waals surface area contributed by atoms with Crippen molar-refractivity contribution in [2.45, 2.75) is 6.54 Å². The summed E-state index contributed by atoms with van der Waals surface area (Å²) in [6.45, 7) is 0.254. The van der Waals surface area contributed by atoms with Gasteiger partial charge in [0.15, 0.2) is 10.4 Å². The van der Waals surface area contributed by atoms with E-state index in [4.69, 9.17) is 4.42 Å². The summed E-state index contributed by atoms with van der Waals surface area (Å²) in [5.41, 5.74) is 0.659. The Morgan fingerprint density at radius 2 is 2.06 bits per heavy atom.